The number of amidine groups is 1. The van der Waals surface area contributed by atoms with Crippen molar-refractivity contribution in [1.82, 2.24) is 14.9 Å². The highest BCUT2D eigenvalue weighted by Crippen LogP contribution is 2.43. The van der Waals surface area contributed by atoms with Crippen LogP contribution >= 0.6 is 11.8 Å². The van der Waals surface area contributed by atoms with E-state index < -0.39 is 0 Å². The summed E-state index contributed by atoms with van der Waals surface area (Å²) in [7, 11) is 0. The summed E-state index contributed by atoms with van der Waals surface area (Å²) in [5.41, 5.74) is 1.30. The molecule has 5 heteroatoms. The maximum atomic E-state index is 5.23. The lowest BCUT2D eigenvalue weighted by molar-refractivity contribution is 0.147. The second kappa shape index (κ2) is 6.88. The van der Waals surface area contributed by atoms with E-state index in [4.69, 9.17) is 4.99 Å². The van der Waals surface area contributed by atoms with Gasteiger partial charge >= 0.3 is 0 Å². The average Bonchev–Trinajstić information content (AvgIpc) is 3.15. The fraction of sp³-hybridized carbons (Fsp3) is 0.778. The number of nitrogens with zero attached hydrogens (tertiary/aromatic N) is 3. The number of likely N-dealkylation sites (tertiary alicyclic amines) is 1. The second-order valence-electron chi connectivity index (χ2n) is 7.47. The van der Waals surface area contributed by atoms with Gasteiger partial charge in [0.25, 0.3) is 0 Å². The Hall–Kier alpha value is -0.970. The van der Waals surface area contributed by atoms with Gasteiger partial charge in [0.05, 0.1) is 12.4 Å². The summed E-state index contributed by atoms with van der Waals surface area (Å²) in [6.45, 7) is 2.26. The van der Waals surface area contributed by atoms with Crippen molar-refractivity contribution in [2.75, 3.05) is 19.3 Å². The monoisotopic (exact) mass is 332 g/mol. The normalized spacial score (nSPS) is 32.5. The molecule has 1 aliphatic heterocycles. The Bertz CT molecular complexity index is 525. The third kappa shape index (κ3) is 3.30. The number of aromatic nitrogens is 2. The number of thioether (sulfide) groups is 1. The molecule has 126 valence electrons. The van der Waals surface area contributed by atoms with Crippen molar-refractivity contribution in [2.24, 2.45) is 16.8 Å². The molecule has 4 nitrogen and oxygen atoms in total. The van der Waals surface area contributed by atoms with Gasteiger partial charge in [-0.3, -0.25) is 4.99 Å². The van der Waals surface area contributed by atoms with Crippen LogP contribution in [0, 0.1) is 11.8 Å². The summed E-state index contributed by atoms with van der Waals surface area (Å²) in [5, 5.41) is 1.30. The van der Waals surface area contributed by atoms with Crippen LogP contribution < -0.4 is 0 Å². The van der Waals surface area contributed by atoms with Crippen LogP contribution in [0.25, 0.3) is 0 Å². The molecule has 1 saturated heterocycles. The summed E-state index contributed by atoms with van der Waals surface area (Å²) in [6.07, 6.45) is 15.5. The highest BCUT2D eigenvalue weighted by atomic mass is 32.2. The van der Waals surface area contributed by atoms with Crippen LogP contribution in [-0.4, -0.2) is 45.4 Å². The Balaban J connectivity index is 1.39. The summed E-state index contributed by atoms with van der Waals surface area (Å²) in [5.74, 6) is 2.47. The molecule has 1 unspecified atom stereocenters. The first kappa shape index (κ1) is 15.6. The van der Waals surface area contributed by atoms with E-state index in [9.17, 15) is 0 Å². The number of rotatable bonds is 2. The van der Waals surface area contributed by atoms with E-state index in [0.717, 1.165) is 24.9 Å². The van der Waals surface area contributed by atoms with E-state index in [1.54, 1.807) is 6.33 Å². The zero-order valence-electron chi connectivity index (χ0n) is 14.1. The number of hydrogen-bond donors (Lipinski definition) is 1. The van der Waals surface area contributed by atoms with Crippen molar-refractivity contribution in [1.29, 1.82) is 0 Å². The molecular formula is C18H28N4S. The third-order valence-corrected chi connectivity index (χ3v) is 6.92. The van der Waals surface area contributed by atoms with Crippen LogP contribution in [0.4, 0.5) is 0 Å². The van der Waals surface area contributed by atoms with Gasteiger partial charge < -0.3 is 9.88 Å². The second-order valence-corrected chi connectivity index (χ2v) is 8.24. The zero-order chi connectivity index (χ0) is 15.6. The first-order valence-corrected chi connectivity index (χ1v) is 10.4. The molecule has 4 aliphatic rings. The number of hydrogen-bond acceptors (Lipinski definition) is 3. The lowest BCUT2D eigenvalue weighted by Crippen LogP contribution is -2.39. The summed E-state index contributed by atoms with van der Waals surface area (Å²) < 4.78 is 0. The Morgan fingerprint density at radius 1 is 1.22 bits per heavy atom. The van der Waals surface area contributed by atoms with Gasteiger partial charge in [-0.25, -0.2) is 4.98 Å². The van der Waals surface area contributed by atoms with Crippen molar-refractivity contribution in [3.05, 3.63) is 18.2 Å². The minimum absolute atomic E-state index is 0.607. The number of piperidine rings is 1. The van der Waals surface area contributed by atoms with Crippen LogP contribution in [-0.2, 0) is 0 Å². The van der Waals surface area contributed by atoms with Crippen LogP contribution in [0.15, 0.2) is 17.5 Å². The predicted octanol–water partition coefficient (Wildman–Crippen LogP) is 3.89. The van der Waals surface area contributed by atoms with E-state index in [2.05, 4.69) is 21.1 Å². The smallest absolute Gasteiger partial charge is 0.159 e. The Kier molecular flexibility index (Phi) is 4.65. The zero-order valence-corrected chi connectivity index (χ0v) is 14.9. The number of H-pyrrole nitrogens is 1. The molecule has 3 aliphatic carbocycles. The molecule has 0 radical (unpaired) electrons. The van der Waals surface area contributed by atoms with Gasteiger partial charge in [-0.1, -0.05) is 24.6 Å². The van der Waals surface area contributed by atoms with Crippen LogP contribution in [0.3, 0.4) is 0 Å². The first-order valence-electron chi connectivity index (χ1n) is 9.18. The van der Waals surface area contributed by atoms with Crippen LogP contribution in [0.2, 0.25) is 0 Å². The molecule has 0 amide bonds. The van der Waals surface area contributed by atoms with E-state index in [1.165, 1.54) is 55.8 Å². The van der Waals surface area contributed by atoms with Crippen LogP contribution in [0.5, 0.6) is 0 Å². The minimum atomic E-state index is 0.607. The molecule has 1 aromatic heterocycles. The number of fused-ring (bicyclic) bond motifs is 3. The molecule has 0 aromatic carbocycles. The number of nitrogens with one attached hydrogen (secondary N) is 1. The molecule has 4 fully saturated rings. The van der Waals surface area contributed by atoms with Gasteiger partial charge in [0, 0.05) is 30.9 Å². The minimum Gasteiger partial charge on any atom is -0.351 e. The molecule has 5 rings (SSSR count). The molecule has 1 atom stereocenters. The molecular weight excluding hydrogens is 304 g/mol. The fourth-order valence-corrected chi connectivity index (χ4v) is 5.46. The lowest BCUT2D eigenvalue weighted by Gasteiger charge is -2.41. The van der Waals surface area contributed by atoms with Crippen molar-refractivity contribution in [3.8, 4) is 0 Å². The molecule has 2 heterocycles. The molecule has 23 heavy (non-hydrogen) atoms. The van der Waals surface area contributed by atoms with Gasteiger partial charge in [0.15, 0.2) is 5.17 Å². The van der Waals surface area contributed by atoms with E-state index in [-0.39, 0.29) is 0 Å². The molecule has 1 N–H and O–H groups in total. The van der Waals surface area contributed by atoms with Crippen molar-refractivity contribution in [2.45, 2.75) is 56.9 Å². The number of aromatic amines is 1. The van der Waals surface area contributed by atoms with Gasteiger partial charge in [0.2, 0.25) is 0 Å². The molecule has 0 spiro atoms. The van der Waals surface area contributed by atoms with Gasteiger partial charge in [0.1, 0.15) is 0 Å². The number of aliphatic imine (C=N–C) groups is 1. The highest BCUT2D eigenvalue weighted by molar-refractivity contribution is 8.13. The highest BCUT2D eigenvalue weighted by Gasteiger charge is 2.36. The standard InChI is InChI=1S/C18H28N4S/c1-23-18(21-16-10-13-2-4-14(16)5-3-13)22-8-6-15(7-9-22)17-11-19-12-20-17/h11-16H,2-10H2,1H3,(H,19,20). The van der Waals surface area contributed by atoms with Crippen molar-refractivity contribution >= 4 is 16.9 Å². The van der Waals surface area contributed by atoms with E-state index in [1.807, 2.05) is 18.0 Å². The number of imidazole rings is 1. The van der Waals surface area contributed by atoms with E-state index >= 15 is 0 Å². The first-order chi connectivity index (χ1) is 11.3. The predicted molar refractivity (Wildman–Crippen MR) is 96.9 cm³/mol. The third-order valence-electron chi connectivity index (χ3n) is 6.19. The maximum absolute atomic E-state index is 5.23. The van der Waals surface area contributed by atoms with Crippen molar-refractivity contribution in [3.63, 3.8) is 0 Å². The van der Waals surface area contributed by atoms with Crippen LogP contribution in [0.1, 0.15) is 56.6 Å². The quantitative estimate of drug-likeness (QED) is 0.660. The molecule has 3 saturated carbocycles. The SMILES string of the molecule is CSC(=NC1CC2CCC1CC2)N1CCC(c2cnc[nH]2)CC1. The Morgan fingerprint density at radius 2 is 2.00 bits per heavy atom. The topological polar surface area (TPSA) is 44.3 Å². The summed E-state index contributed by atoms with van der Waals surface area (Å²) >= 11 is 1.85. The molecule has 2 bridgehead atoms. The van der Waals surface area contributed by atoms with Gasteiger partial charge in [-0.05, 0) is 50.2 Å². The maximum Gasteiger partial charge on any atom is 0.159 e. The summed E-state index contributed by atoms with van der Waals surface area (Å²) in [4.78, 5) is 15.2. The fourth-order valence-electron chi connectivity index (χ4n) is 4.78. The van der Waals surface area contributed by atoms with Gasteiger partial charge in [-0.2, -0.15) is 0 Å². The molecule has 1 aromatic rings. The van der Waals surface area contributed by atoms with Gasteiger partial charge in [-0.15, -0.1) is 0 Å². The largest absolute Gasteiger partial charge is 0.351 e. The van der Waals surface area contributed by atoms with E-state index in [0.29, 0.717) is 12.0 Å². The lowest BCUT2D eigenvalue weighted by atomic mass is 9.68. The van der Waals surface area contributed by atoms with Crippen molar-refractivity contribution < 1.29 is 0 Å². The average molecular weight is 333 g/mol. The Labute approximate surface area is 143 Å². The Morgan fingerprint density at radius 3 is 2.57 bits per heavy atom. The summed E-state index contributed by atoms with van der Waals surface area (Å²) in [6, 6.07) is 0.607.